The van der Waals surface area contributed by atoms with Crippen molar-refractivity contribution in [1.29, 1.82) is 0 Å². The molecule has 4 nitrogen and oxygen atoms in total. The molecule has 1 heterocycles. The Labute approximate surface area is 120 Å². The first-order valence-electron chi connectivity index (χ1n) is 6.52. The molecule has 0 fully saturated rings. The zero-order valence-corrected chi connectivity index (χ0v) is 13.7. The molecule has 19 heavy (non-hydrogen) atoms. The molecule has 1 aromatic rings. The molecule has 0 spiro atoms. The highest BCUT2D eigenvalue weighted by Crippen LogP contribution is 2.29. The van der Waals surface area contributed by atoms with E-state index in [1.165, 1.54) is 9.75 Å². The van der Waals surface area contributed by atoms with Gasteiger partial charge in [0.15, 0.2) is 0 Å². The summed E-state index contributed by atoms with van der Waals surface area (Å²) in [4.78, 5) is 2.59. The zero-order chi connectivity index (χ0) is 14.5. The van der Waals surface area contributed by atoms with E-state index >= 15 is 0 Å². The highest BCUT2D eigenvalue weighted by molar-refractivity contribution is 7.89. The molecule has 2 N–H and O–H groups in total. The van der Waals surface area contributed by atoms with Crippen molar-refractivity contribution in [2.75, 3.05) is 18.8 Å². The van der Waals surface area contributed by atoms with Gasteiger partial charge in [-0.1, -0.05) is 27.7 Å². The second-order valence-corrected chi connectivity index (χ2v) is 8.60. The van der Waals surface area contributed by atoms with Gasteiger partial charge in [0.2, 0.25) is 10.0 Å². The van der Waals surface area contributed by atoms with Gasteiger partial charge in [0, 0.05) is 29.4 Å². The second-order valence-electron chi connectivity index (χ2n) is 5.51. The van der Waals surface area contributed by atoms with Gasteiger partial charge >= 0.3 is 0 Å². The van der Waals surface area contributed by atoms with Crippen LogP contribution in [0.15, 0.2) is 12.1 Å². The molecule has 0 saturated heterocycles. The van der Waals surface area contributed by atoms with Crippen LogP contribution in [0.5, 0.6) is 0 Å². The number of hydrogen-bond acceptors (Lipinski definition) is 4. The fraction of sp³-hybridized carbons (Fsp3) is 0.692. The predicted molar refractivity (Wildman–Crippen MR) is 82.2 cm³/mol. The molecule has 1 rings (SSSR count). The molecule has 0 bridgehead atoms. The van der Waals surface area contributed by atoms with Crippen LogP contribution in [0.2, 0.25) is 0 Å². The summed E-state index contributed by atoms with van der Waals surface area (Å²) in [7, 11) is -3.11. The van der Waals surface area contributed by atoms with Crippen LogP contribution in [0.1, 0.15) is 37.4 Å². The largest absolute Gasteiger partial charge is 0.311 e. The normalized spacial score (nSPS) is 12.8. The van der Waals surface area contributed by atoms with Crippen molar-refractivity contribution in [3.05, 3.63) is 21.9 Å². The Morgan fingerprint density at radius 1 is 1.26 bits per heavy atom. The number of sulfonamides is 1. The third-order valence-electron chi connectivity index (χ3n) is 2.61. The van der Waals surface area contributed by atoms with E-state index in [-0.39, 0.29) is 11.2 Å². The maximum absolute atomic E-state index is 11.4. The fourth-order valence-corrected chi connectivity index (χ4v) is 3.62. The van der Waals surface area contributed by atoms with Gasteiger partial charge in [-0.2, -0.15) is 0 Å². The fourth-order valence-electron chi connectivity index (χ4n) is 1.59. The zero-order valence-electron chi connectivity index (χ0n) is 12.1. The van der Waals surface area contributed by atoms with E-state index in [1.54, 1.807) is 18.3 Å². The van der Waals surface area contributed by atoms with Crippen molar-refractivity contribution in [2.45, 2.75) is 39.7 Å². The molecule has 0 aliphatic carbocycles. The Morgan fingerprint density at radius 3 is 2.47 bits per heavy atom. The van der Waals surface area contributed by atoms with E-state index in [4.69, 9.17) is 0 Å². The minimum Gasteiger partial charge on any atom is -0.311 e. The third-order valence-corrected chi connectivity index (χ3v) is 5.59. The average molecular weight is 304 g/mol. The van der Waals surface area contributed by atoms with Gasteiger partial charge in [0.25, 0.3) is 0 Å². The minimum atomic E-state index is -3.11. The van der Waals surface area contributed by atoms with E-state index in [0.29, 0.717) is 13.1 Å². The Bertz CT molecular complexity index is 487. The molecular formula is C13H24N2O2S2. The van der Waals surface area contributed by atoms with Gasteiger partial charge in [-0.15, -0.1) is 11.3 Å². The van der Waals surface area contributed by atoms with E-state index in [1.807, 2.05) is 0 Å². The van der Waals surface area contributed by atoms with E-state index < -0.39 is 10.0 Å². The molecule has 0 saturated carbocycles. The first-order chi connectivity index (χ1) is 8.74. The summed E-state index contributed by atoms with van der Waals surface area (Å²) in [5.41, 5.74) is 0.178. The molecule has 1 aromatic heterocycles. The smallest absolute Gasteiger partial charge is 0.212 e. The summed E-state index contributed by atoms with van der Waals surface area (Å²) in [6.07, 6.45) is 0. The van der Waals surface area contributed by atoms with E-state index in [0.717, 1.165) is 6.54 Å². The van der Waals surface area contributed by atoms with Crippen molar-refractivity contribution in [3.8, 4) is 0 Å². The Hall–Kier alpha value is -0.430. The Kier molecular flexibility index (Phi) is 5.98. The van der Waals surface area contributed by atoms with Crippen LogP contribution in [0.4, 0.5) is 0 Å². The summed E-state index contributed by atoms with van der Waals surface area (Å²) in [6, 6.07) is 4.26. The highest BCUT2D eigenvalue weighted by atomic mass is 32.2. The van der Waals surface area contributed by atoms with Crippen LogP contribution in [0, 0.1) is 0 Å². The molecule has 0 aliphatic rings. The molecule has 0 aromatic carbocycles. The molecule has 110 valence electrons. The molecule has 6 heteroatoms. The molecule has 0 radical (unpaired) electrons. The minimum absolute atomic E-state index is 0.123. The highest BCUT2D eigenvalue weighted by Gasteiger charge is 2.15. The van der Waals surface area contributed by atoms with Crippen molar-refractivity contribution in [3.63, 3.8) is 0 Å². The lowest BCUT2D eigenvalue weighted by Crippen LogP contribution is -2.31. The Morgan fingerprint density at radius 2 is 1.95 bits per heavy atom. The predicted octanol–water partition coefficient (Wildman–Crippen LogP) is 2.07. The number of hydrogen-bond donors (Lipinski definition) is 2. The molecule has 0 atom stereocenters. The van der Waals surface area contributed by atoms with Crippen molar-refractivity contribution >= 4 is 21.4 Å². The summed E-state index contributed by atoms with van der Waals surface area (Å²) in [5, 5.41) is 3.17. The van der Waals surface area contributed by atoms with Crippen LogP contribution in [0.25, 0.3) is 0 Å². The van der Waals surface area contributed by atoms with Gasteiger partial charge < -0.3 is 5.32 Å². The topological polar surface area (TPSA) is 58.2 Å². The summed E-state index contributed by atoms with van der Waals surface area (Å²) < 4.78 is 25.3. The van der Waals surface area contributed by atoms with Crippen LogP contribution < -0.4 is 10.0 Å². The maximum Gasteiger partial charge on any atom is 0.212 e. The quantitative estimate of drug-likeness (QED) is 0.758. The Balaban J connectivity index is 2.36. The first-order valence-corrected chi connectivity index (χ1v) is 8.99. The standard InChI is InChI=1S/C13H24N2O2S2/c1-5-15-19(16,17)9-8-14-10-11-6-7-12(18-11)13(2,3)4/h6-7,14-15H,5,8-10H2,1-4H3. The molecule has 0 unspecified atom stereocenters. The average Bonchev–Trinajstić information content (AvgIpc) is 2.72. The summed E-state index contributed by atoms with van der Waals surface area (Å²) in [6.45, 7) is 10.0. The van der Waals surface area contributed by atoms with Crippen LogP contribution >= 0.6 is 11.3 Å². The lowest BCUT2D eigenvalue weighted by molar-refractivity contribution is 0.579. The van der Waals surface area contributed by atoms with E-state index in [9.17, 15) is 8.42 Å². The third kappa shape index (κ3) is 6.03. The van der Waals surface area contributed by atoms with Gasteiger partial charge in [0.05, 0.1) is 5.75 Å². The van der Waals surface area contributed by atoms with Gasteiger partial charge in [0.1, 0.15) is 0 Å². The molecule has 0 aliphatic heterocycles. The monoisotopic (exact) mass is 304 g/mol. The number of thiophene rings is 1. The molecule has 0 amide bonds. The van der Waals surface area contributed by atoms with Gasteiger partial charge in [-0.3, -0.25) is 0 Å². The van der Waals surface area contributed by atoms with Crippen LogP contribution in [-0.2, 0) is 22.0 Å². The number of rotatable bonds is 7. The van der Waals surface area contributed by atoms with E-state index in [2.05, 4.69) is 42.9 Å². The summed E-state index contributed by atoms with van der Waals surface area (Å²) in [5.74, 6) is 0.123. The van der Waals surface area contributed by atoms with Crippen molar-refractivity contribution < 1.29 is 8.42 Å². The maximum atomic E-state index is 11.4. The molecular weight excluding hydrogens is 280 g/mol. The van der Waals surface area contributed by atoms with Gasteiger partial charge in [-0.25, -0.2) is 13.1 Å². The lowest BCUT2D eigenvalue weighted by Gasteiger charge is -2.15. The van der Waals surface area contributed by atoms with Crippen molar-refractivity contribution in [1.82, 2.24) is 10.0 Å². The summed E-state index contributed by atoms with van der Waals surface area (Å²) >= 11 is 1.78. The first kappa shape index (κ1) is 16.6. The second kappa shape index (κ2) is 6.83. The van der Waals surface area contributed by atoms with Crippen molar-refractivity contribution in [2.24, 2.45) is 0 Å². The lowest BCUT2D eigenvalue weighted by atomic mass is 9.95. The van der Waals surface area contributed by atoms with Gasteiger partial charge in [-0.05, 0) is 17.5 Å². The number of nitrogens with one attached hydrogen (secondary N) is 2. The SMILES string of the molecule is CCNS(=O)(=O)CCNCc1ccc(C(C)(C)C)s1. The van der Waals surface area contributed by atoms with Crippen LogP contribution in [0.3, 0.4) is 0 Å². The van der Waals surface area contributed by atoms with Crippen LogP contribution in [-0.4, -0.2) is 27.3 Å².